The lowest BCUT2D eigenvalue weighted by molar-refractivity contribution is 0.133. The van der Waals surface area contributed by atoms with Crippen LogP contribution in [-0.4, -0.2) is 16.6 Å². The number of aromatic nitrogens is 2. The summed E-state index contributed by atoms with van der Waals surface area (Å²) >= 11 is 0. The van der Waals surface area contributed by atoms with E-state index in [4.69, 9.17) is 10.5 Å². The van der Waals surface area contributed by atoms with E-state index in [2.05, 4.69) is 27.4 Å². The Labute approximate surface area is 112 Å². The second kappa shape index (κ2) is 6.70. The van der Waals surface area contributed by atoms with E-state index in [-0.39, 0.29) is 0 Å². The van der Waals surface area contributed by atoms with E-state index in [0.29, 0.717) is 31.4 Å². The lowest BCUT2D eigenvalue weighted by Gasteiger charge is -2.11. The van der Waals surface area contributed by atoms with Crippen LogP contribution < -0.4 is 11.1 Å². The highest BCUT2D eigenvalue weighted by molar-refractivity contribution is 5.40. The molecule has 3 N–H and O–H groups in total. The Morgan fingerprint density at radius 3 is 2.74 bits per heavy atom. The minimum atomic E-state index is 0.410. The molecule has 2 rings (SSSR count). The third-order valence-electron chi connectivity index (χ3n) is 2.69. The van der Waals surface area contributed by atoms with Crippen LogP contribution in [0.1, 0.15) is 18.1 Å². The maximum absolute atomic E-state index is 5.59. The van der Waals surface area contributed by atoms with Crippen LogP contribution in [0.5, 0.6) is 0 Å². The first-order valence-corrected chi connectivity index (χ1v) is 6.25. The lowest BCUT2D eigenvalue weighted by atomic mass is 10.1. The SMILES string of the molecule is CCOCc1ccccc1CNc1cncc(N)n1. The van der Waals surface area contributed by atoms with E-state index in [0.717, 1.165) is 0 Å². The van der Waals surface area contributed by atoms with Gasteiger partial charge in [-0.2, -0.15) is 0 Å². The number of nitrogens with zero attached hydrogens (tertiary/aromatic N) is 2. The van der Waals surface area contributed by atoms with E-state index in [1.165, 1.54) is 17.3 Å². The summed E-state index contributed by atoms with van der Waals surface area (Å²) in [7, 11) is 0. The van der Waals surface area contributed by atoms with Crippen LogP contribution in [0.25, 0.3) is 0 Å². The summed E-state index contributed by atoms with van der Waals surface area (Å²) in [6.07, 6.45) is 3.18. The Bertz CT molecular complexity index is 530. The largest absolute Gasteiger partial charge is 0.382 e. The molecule has 0 aliphatic carbocycles. The lowest BCUT2D eigenvalue weighted by Crippen LogP contribution is -2.06. The molecule has 1 heterocycles. The van der Waals surface area contributed by atoms with Gasteiger partial charge in [0.2, 0.25) is 0 Å². The van der Waals surface area contributed by atoms with E-state index in [1.807, 2.05) is 19.1 Å². The zero-order valence-electron chi connectivity index (χ0n) is 11.0. The fourth-order valence-corrected chi connectivity index (χ4v) is 1.73. The zero-order chi connectivity index (χ0) is 13.5. The molecule has 1 aromatic heterocycles. The van der Waals surface area contributed by atoms with Gasteiger partial charge in [0.1, 0.15) is 11.6 Å². The van der Waals surface area contributed by atoms with Gasteiger partial charge in [-0.1, -0.05) is 24.3 Å². The van der Waals surface area contributed by atoms with Gasteiger partial charge in [0, 0.05) is 13.2 Å². The summed E-state index contributed by atoms with van der Waals surface area (Å²) in [6, 6.07) is 8.16. The molecular formula is C14H18N4O. The van der Waals surface area contributed by atoms with Crippen LogP contribution in [0.3, 0.4) is 0 Å². The molecule has 0 aliphatic rings. The maximum atomic E-state index is 5.59. The van der Waals surface area contributed by atoms with Crippen LogP contribution in [0.4, 0.5) is 11.6 Å². The molecule has 0 bridgehead atoms. The Kier molecular flexibility index (Phi) is 4.69. The van der Waals surface area contributed by atoms with E-state index >= 15 is 0 Å². The summed E-state index contributed by atoms with van der Waals surface area (Å²) in [5.74, 6) is 1.08. The van der Waals surface area contributed by atoms with Gasteiger partial charge in [-0.3, -0.25) is 4.98 Å². The van der Waals surface area contributed by atoms with Crippen LogP contribution in [0.15, 0.2) is 36.7 Å². The molecule has 100 valence electrons. The molecule has 2 aromatic rings. The number of hydrogen-bond acceptors (Lipinski definition) is 5. The molecule has 0 spiro atoms. The molecule has 0 saturated heterocycles. The third kappa shape index (κ3) is 3.93. The van der Waals surface area contributed by atoms with Crippen molar-refractivity contribution >= 4 is 11.6 Å². The first kappa shape index (κ1) is 13.3. The van der Waals surface area contributed by atoms with E-state index in [1.54, 1.807) is 6.20 Å². The summed E-state index contributed by atoms with van der Waals surface area (Å²) in [6.45, 7) is 3.99. The molecule has 5 nitrogen and oxygen atoms in total. The van der Waals surface area contributed by atoms with Crippen molar-refractivity contribution in [3.63, 3.8) is 0 Å². The topological polar surface area (TPSA) is 73.1 Å². The molecule has 1 aromatic carbocycles. The van der Waals surface area contributed by atoms with Crippen molar-refractivity contribution < 1.29 is 4.74 Å². The molecular weight excluding hydrogens is 240 g/mol. The van der Waals surface area contributed by atoms with Gasteiger partial charge in [0.15, 0.2) is 0 Å². The summed E-state index contributed by atoms with van der Waals surface area (Å²) in [4.78, 5) is 8.15. The van der Waals surface area contributed by atoms with Gasteiger partial charge >= 0.3 is 0 Å². The van der Waals surface area contributed by atoms with Gasteiger partial charge in [-0.25, -0.2) is 4.98 Å². The van der Waals surface area contributed by atoms with Crippen molar-refractivity contribution in [1.82, 2.24) is 9.97 Å². The average molecular weight is 258 g/mol. The first-order valence-electron chi connectivity index (χ1n) is 6.25. The van der Waals surface area contributed by atoms with Gasteiger partial charge in [0.25, 0.3) is 0 Å². The molecule has 0 saturated carbocycles. The van der Waals surface area contributed by atoms with Crippen molar-refractivity contribution in [2.75, 3.05) is 17.7 Å². The average Bonchev–Trinajstić information content (AvgIpc) is 2.44. The highest BCUT2D eigenvalue weighted by Crippen LogP contribution is 2.12. The van der Waals surface area contributed by atoms with Gasteiger partial charge < -0.3 is 15.8 Å². The Balaban J connectivity index is 2.02. The summed E-state index contributed by atoms with van der Waals surface area (Å²) in [5.41, 5.74) is 7.95. The smallest absolute Gasteiger partial charge is 0.147 e. The Morgan fingerprint density at radius 1 is 1.21 bits per heavy atom. The molecule has 0 fully saturated rings. The number of nitrogen functional groups attached to an aromatic ring is 1. The van der Waals surface area contributed by atoms with Crippen molar-refractivity contribution in [3.8, 4) is 0 Å². The summed E-state index contributed by atoms with van der Waals surface area (Å²) < 4.78 is 5.46. The number of nitrogens with two attached hydrogens (primary N) is 1. The molecule has 0 amide bonds. The van der Waals surface area contributed by atoms with E-state index < -0.39 is 0 Å². The second-order valence-corrected chi connectivity index (χ2v) is 4.09. The molecule has 0 atom stereocenters. The number of benzene rings is 1. The second-order valence-electron chi connectivity index (χ2n) is 4.09. The highest BCUT2D eigenvalue weighted by atomic mass is 16.5. The number of hydrogen-bond donors (Lipinski definition) is 2. The number of anilines is 2. The Hall–Kier alpha value is -2.14. The predicted molar refractivity (Wildman–Crippen MR) is 75.5 cm³/mol. The fraction of sp³-hybridized carbons (Fsp3) is 0.286. The first-order chi connectivity index (χ1) is 9.29. The third-order valence-corrected chi connectivity index (χ3v) is 2.69. The molecule has 0 radical (unpaired) electrons. The number of nitrogens with one attached hydrogen (secondary N) is 1. The van der Waals surface area contributed by atoms with Crippen molar-refractivity contribution in [1.29, 1.82) is 0 Å². The zero-order valence-corrected chi connectivity index (χ0v) is 11.0. The normalized spacial score (nSPS) is 10.4. The minimum absolute atomic E-state index is 0.410. The van der Waals surface area contributed by atoms with Crippen LogP contribution in [0.2, 0.25) is 0 Å². The van der Waals surface area contributed by atoms with Gasteiger partial charge in [0.05, 0.1) is 19.0 Å². The number of ether oxygens (including phenoxy) is 1. The van der Waals surface area contributed by atoms with Gasteiger partial charge in [-0.15, -0.1) is 0 Å². The molecule has 19 heavy (non-hydrogen) atoms. The summed E-state index contributed by atoms with van der Waals surface area (Å²) in [5, 5.41) is 3.21. The van der Waals surface area contributed by atoms with Crippen LogP contribution >= 0.6 is 0 Å². The molecule has 5 heteroatoms. The maximum Gasteiger partial charge on any atom is 0.147 e. The van der Waals surface area contributed by atoms with Crippen molar-refractivity contribution in [2.45, 2.75) is 20.1 Å². The van der Waals surface area contributed by atoms with E-state index in [9.17, 15) is 0 Å². The van der Waals surface area contributed by atoms with Crippen molar-refractivity contribution in [2.24, 2.45) is 0 Å². The van der Waals surface area contributed by atoms with Gasteiger partial charge in [-0.05, 0) is 18.1 Å². The van der Waals surface area contributed by atoms with Crippen LogP contribution in [0, 0.1) is 0 Å². The molecule has 0 aliphatic heterocycles. The predicted octanol–water partition coefficient (Wildman–Crippen LogP) is 2.21. The number of rotatable bonds is 6. The minimum Gasteiger partial charge on any atom is -0.382 e. The fourth-order valence-electron chi connectivity index (χ4n) is 1.73. The quantitative estimate of drug-likeness (QED) is 0.831. The Morgan fingerprint density at radius 2 is 2.00 bits per heavy atom. The van der Waals surface area contributed by atoms with Crippen LogP contribution in [-0.2, 0) is 17.9 Å². The van der Waals surface area contributed by atoms with Crippen molar-refractivity contribution in [3.05, 3.63) is 47.8 Å². The standard InChI is InChI=1S/C14H18N4O/c1-2-19-10-12-6-4-3-5-11(12)7-17-14-9-16-8-13(15)18-14/h3-6,8-9H,2,7,10H2,1H3,(H3,15,17,18). The highest BCUT2D eigenvalue weighted by Gasteiger charge is 2.02. The molecule has 0 unspecified atom stereocenters. The monoisotopic (exact) mass is 258 g/mol.